The number of hydrogen-bond donors (Lipinski definition) is 0. The van der Waals surface area contributed by atoms with Crippen LogP contribution in [0, 0.1) is 5.82 Å². The highest BCUT2D eigenvalue weighted by atomic mass is 35.5. The molecule has 0 aliphatic carbocycles. The zero-order chi connectivity index (χ0) is 24.2. The first kappa shape index (κ1) is 24.0. The number of ether oxygens (including phenoxy) is 2. The largest absolute Gasteiger partial charge is 0.476 e. The van der Waals surface area contributed by atoms with E-state index in [-0.39, 0.29) is 11.3 Å². The Kier molecular flexibility index (Phi) is 7.34. The van der Waals surface area contributed by atoms with Gasteiger partial charge in [0.15, 0.2) is 17.7 Å². The smallest absolute Gasteiger partial charge is 0.328 e. The van der Waals surface area contributed by atoms with E-state index >= 15 is 4.39 Å². The van der Waals surface area contributed by atoms with E-state index in [1.807, 2.05) is 0 Å². The summed E-state index contributed by atoms with van der Waals surface area (Å²) < 4.78 is 25.9. The second-order valence-corrected chi connectivity index (χ2v) is 8.59. The number of amides is 1. The van der Waals surface area contributed by atoms with E-state index in [0.29, 0.717) is 40.7 Å². The average molecular weight is 503 g/mol. The van der Waals surface area contributed by atoms with Gasteiger partial charge >= 0.3 is 5.97 Å². The van der Waals surface area contributed by atoms with Gasteiger partial charge in [0.25, 0.3) is 5.91 Å². The lowest BCUT2D eigenvalue weighted by Crippen LogP contribution is -2.41. The van der Waals surface area contributed by atoms with Crippen LogP contribution in [-0.4, -0.2) is 41.5 Å². The van der Waals surface area contributed by atoms with Crippen LogP contribution in [0.2, 0.25) is 10.0 Å². The minimum atomic E-state index is -0.815. The summed E-state index contributed by atoms with van der Waals surface area (Å²) in [6.07, 6.45) is 1.83. The van der Waals surface area contributed by atoms with Crippen LogP contribution < -0.4 is 4.74 Å². The minimum absolute atomic E-state index is 0.0795. The standard InChI is InChI=1S/C25H21Cl2FN2O4/c1-33-25(32)21-7-4-12-30(21)24(31)15-8-11-22(19(28)13-15)34-23(17-5-2-3-6-18(17)27)20-10-9-16(26)14-29-20/h2-3,5-6,8-11,13-14,21,23H,4,7,12H2,1H3/t21-,23?/m1/s1. The molecule has 0 spiro atoms. The van der Waals surface area contributed by atoms with Gasteiger partial charge in [-0.2, -0.15) is 0 Å². The zero-order valence-corrected chi connectivity index (χ0v) is 19.7. The monoisotopic (exact) mass is 502 g/mol. The molecule has 1 fully saturated rings. The van der Waals surface area contributed by atoms with Crippen LogP contribution >= 0.6 is 23.2 Å². The molecule has 1 aliphatic rings. The Balaban J connectivity index is 1.62. The van der Waals surface area contributed by atoms with E-state index in [0.717, 1.165) is 6.07 Å². The molecule has 1 amide bonds. The molecule has 2 aromatic carbocycles. The van der Waals surface area contributed by atoms with Crippen molar-refractivity contribution < 1.29 is 23.5 Å². The summed E-state index contributed by atoms with van der Waals surface area (Å²) in [6.45, 7) is 0.398. The van der Waals surface area contributed by atoms with Crippen molar-refractivity contribution in [2.75, 3.05) is 13.7 Å². The van der Waals surface area contributed by atoms with Crippen LogP contribution in [0.4, 0.5) is 4.39 Å². The van der Waals surface area contributed by atoms with E-state index in [9.17, 15) is 9.59 Å². The summed E-state index contributed by atoms with van der Waals surface area (Å²) in [5, 5.41) is 0.877. The highest BCUT2D eigenvalue weighted by Crippen LogP contribution is 2.34. The molecule has 34 heavy (non-hydrogen) atoms. The van der Waals surface area contributed by atoms with Gasteiger partial charge in [0.2, 0.25) is 0 Å². The molecule has 1 unspecified atom stereocenters. The van der Waals surface area contributed by atoms with Crippen LogP contribution in [0.15, 0.2) is 60.8 Å². The Morgan fingerprint density at radius 3 is 2.62 bits per heavy atom. The molecule has 2 heterocycles. The Morgan fingerprint density at radius 1 is 1.15 bits per heavy atom. The molecular weight excluding hydrogens is 482 g/mol. The minimum Gasteiger partial charge on any atom is -0.476 e. The number of halogens is 3. The normalized spacial score (nSPS) is 16.2. The van der Waals surface area contributed by atoms with E-state index in [2.05, 4.69) is 4.98 Å². The van der Waals surface area contributed by atoms with Crippen LogP contribution in [0.1, 0.15) is 40.6 Å². The molecule has 1 aromatic heterocycles. The van der Waals surface area contributed by atoms with E-state index < -0.39 is 29.8 Å². The molecule has 0 bridgehead atoms. The molecule has 1 saturated heterocycles. The van der Waals surface area contributed by atoms with Gasteiger partial charge in [0.1, 0.15) is 6.04 Å². The number of aromatic nitrogens is 1. The summed E-state index contributed by atoms with van der Waals surface area (Å²) in [5.74, 6) is -1.74. The zero-order valence-electron chi connectivity index (χ0n) is 18.2. The third kappa shape index (κ3) is 5.00. The molecule has 1 aliphatic heterocycles. The number of hydrogen-bond acceptors (Lipinski definition) is 5. The van der Waals surface area contributed by atoms with Gasteiger partial charge in [-0.1, -0.05) is 41.4 Å². The predicted octanol–water partition coefficient (Wildman–Crippen LogP) is 5.47. The fourth-order valence-electron chi connectivity index (χ4n) is 3.93. The fourth-order valence-corrected chi connectivity index (χ4v) is 4.27. The van der Waals surface area contributed by atoms with Gasteiger partial charge in [0, 0.05) is 28.9 Å². The van der Waals surface area contributed by atoms with Crippen molar-refractivity contribution in [3.8, 4) is 5.75 Å². The van der Waals surface area contributed by atoms with Gasteiger partial charge in [-0.15, -0.1) is 0 Å². The number of carbonyl (C=O) groups excluding carboxylic acids is 2. The third-order valence-corrected chi connectivity index (χ3v) is 6.18. The molecule has 2 atom stereocenters. The quantitative estimate of drug-likeness (QED) is 0.417. The van der Waals surface area contributed by atoms with Crippen molar-refractivity contribution in [3.63, 3.8) is 0 Å². The second-order valence-electron chi connectivity index (χ2n) is 7.75. The fraction of sp³-hybridized carbons (Fsp3) is 0.240. The summed E-state index contributed by atoms with van der Waals surface area (Å²) in [5.41, 5.74) is 1.19. The van der Waals surface area contributed by atoms with Crippen molar-refractivity contribution >= 4 is 35.1 Å². The second kappa shape index (κ2) is 10.4. The Hall–Kier alpha value is -3.16. The van der Waals surface area contributed by atoms with Crippen molar-refractivity contribution in [2.45, 2.75) is 25.0 Å². The van der Waals surface area contributed by atoms with Crippen molar-refractivity contribution in [3.05, 3.63) is 93.5 Å². The third-order valence-electron chi connectivity index (χ3n) is 5.62. The van der Waals surface area contributed by atoms with Crippen molar-refractivity contribution in [1.82, 2.24) is 9.88 Å². The Morgan fingerprint density at radius 2 is 1.94 bits per heavy atom. The summed E-state index contributed by atoms with van der Waals surface area (Å²) in [7, 11) is 1.28. The molecule has 0 N–H and O–H groups in total. The van der Waals surface area contributed by atoms with Crippen LogP contribution in [0.3, 0.4) is 0 Å². The Labute approximate surface area is 206 Å². The van der Waals surface area contributed by atoms with Gasteiger partial charge in [-0.3, -0.25) is 9.78 Å². The van der Waals surface area contributed by atoms with E-state index in [1.165, 1.54) is 30.3 Å². The maximum absolute atomic E-state index is 15.1. The number of nitrogens with zero attached hydrogens (tertiary/aromatic N) is 2. The summed E-state index contributed by atoms with van der Waals surface area (Å²) in [4.78, 5) is 30.7. The van der Waals surface area contributed by atoms with Gasteiger partial charge < -0.3 is 14.4 Å². The van der Waals surface area contributed by atoms with Gasteiger partial charge in [0.05, 0.1) is 17.8 Å². The molecule has 3 aromatic rings. The molecular formula is C25H21Cl2FN2O4. The number of benzene rings is 2. The number of esters is 1. The van der Waals surface area contributed by atoms with Crippen LogP contribution in [0.5, 0.6) is 5.75 Å². The molecule has 176 valence electrons. The van der Waals surface area contributed by atoms with E-state index in [4.69, 9.17) is 32.7 Å². The lowest BCUT2D eigenvalue weighted by Gasteiger charge is -2.23. The first-order valence-corrected chi connectivity index (χ1v) is 11.4. The number of carbonyl (C=O) groups is 2. The van der Waals surface area contributed by atoms with E-state index in [1.54, 1.807) is 36.4 Å². The molecule has 0 radical (unpaired) electrons. The molecule has 0 saturated carbocycles. The van der Waals surface area contributed by atoms with Crippen LogP contribution in [0.25, 0.3) is 0 Å². The molecule has 9 heteroatoms. The maximum Gasteiger partial charge on any atom is 0.328 e. The van der Waals surface area contributed by atoms with Crippen molar-refractivity contribution in [2.24, 2.45) is 0 Å². The predicted molar refractivity (Wildman–Crippen MR) is 126 cm³/mol. The first-order chi connectivity index (χ1) is 16.4. The van der Waals surface area contributed by atoms with Crippen LogP contribution in [-0.2, 0) is 9.53 Å². The lowest BCUT2D eigenvalue weighted by atomic mass is 10.1. The highest BCUT2D eigenvalue weighted by Gasteiger charge is 2.35. The number of likely N-dealkylation sites (tertiary alicyclic amines) is 1. The molecule has 6 nitrogen and oxygen atoms in total. The Bertz CT molecular complexity index is 1210. The topological polar surface area (TPSA) is 68.7 Å². The molecule has 4 rings (SSSR count). The lowest BCUT2D eigenvalue weighted by molar-refractivity contribution is -0.145. The number of rotatable bonds is 6. The van der Waals surface area contributed by atoms with Gasteiger partial charge in [-0.25, -0.2) is 9.18 Å². The van der Waals surface area contributed by atoms with Crippen molar-refractivity contribution in [1.29, 1.82) is 0 Å². The SMILES string of the molecule is COC(=O)[C@H]1CCCN1C(=O)c1ccc(OC(c2ccc(Cl)cn2)c2ccccc2Cl)c(F)c1. The summed E-state index contributed by atoms with van der Waals surface area (Å²) >= 11 is 12.3. The maximum atomic E-state index is 15.1. The number of methoxy groups -OCH3 is 1. The average Bonchev–Trinajstić information content (AvgIpc) is 3.33. The van der Waals surface area contributed by atoms with Gasteiger partial charge in [-0.05, 0) is 49.2 Å². The first-order valence-electron chi connectivity index (χ1n) is 10.6. The summed E-state index contributed by atoms with van der Waals surface area (Å²) in [6, 6.07) is 13.6. The number of pyridine rings is 1. The highest BCUT2D eigenvalue weighted by molar-refractivity contribution is 6.31.